The van der Waals surface area contributed by atoms with Crippen LogP contribution in [0.3, 0.4) is 0 Å². The first-order chi connectivity index (χ1) is 12.5. The van der Waals surface area contributed by atoms with Gasteiger partial charge in [-0.05, 0) is 37.1 Å². The van der Waals surface area contributed by atoms with Crippen LogP contribution in [0.25, 0.3) is 0 Å². The van der Waals surface area contributed by atoms with Gasteiger partial charge in [-0.15, -0.1) is 0 Å². The molecule has 3 rings (SSSR count). The summed E-state index contributed by atoms with van der Waals surface area (Å²) in [5.41, 5.74) is 0.948. The molecular weight excluding hydrogens is 375 g/mol. The summed E-state index contributed by atoms with van der Waals surface area (Å²) < 4.78 is 5.51. The summed E-state index contributed by atoms with van der Waals surface area (Å²) >= 11 is 11.8. The molecule has 2 aromatic rings. The van der Waals surface area contributed by atoms with Gasteiger partial charge >= 0.3 is 0 Å². The van der Waals surface area contributed by atoms with Gasteiger partial charge in [0, 0.05) is 12.1 Å². The molecule has 0 atom stereocenters. The van der Waals surface area contributed by atoms with Crippen molar-refractivity contribution in [3.63, 3.8) is 0 Å². The molecule has 0 unspecified atom stereocenters. The number of rotatable bonds is 7. The Morgan fingerprint density at radius 1 is 1.08 bits per heavy atom. The van der Waals surface area contributed by atoms with Gasteiger partial charge in [-0.1, -0.05) is 35.3 Å². The predicted molar refractivity (Wildman–Crippen MR) is 102 cm³/mol. The topological polar surface area (TPSA) is 67.4 Å². The average Bonchev–Trinajstić information content (AvgIpc) is 3.42. The first-order valence-electron chi connectivity index (χ1n) is 8.30. The molecule has 0 spiro atoms. The van der Waals surface area contributed by atoms with Gasteiger partial charge < -0.3 is 15.4 Å². The van der Waals surface area contributed by atoms with E-state index >= 15 is 0 Å². The fourth-order valence-electron chi connectivity index (χ4n) is 2.32. The lowest BCUT2D eigenvalue weighted by Gasteiger charge is -2.11. The molecule has 0 aromatic heterocycles. The van der Waals surface area contributed by atoms with Crippen molar-refractivity contribution >= 4 is 40.7 Å². The molecule has 0 aliphatic heterocycles. The van der Waals surface area contributed by atoms with Gasteiger partial charge in [0.15, 0.2) is 0 Å². The van der Waals surface area contributed by atoms with Crippen LogP contribution in [0, 0.1) is 0 Å². The Morgan fingerprint density at radius 3 is 2.58 bits per heavy atom. The molecule has 1 saturated carbocycles. The Balaban J connectivity index is 1.53. The van der Waals surface area contributed by atoms with Gasteiger partial charge in [0.25, 0.3) is 5.91 Å². The van der Waals surface area contributed by atoms with Crippen molar-refractivity contribution in [1.82, 2.24) is 5.32 Å². The number of nitrogens with one attached hydrogen (secondary N) is 2. The van der Waals surface area contributed by atoms with Crippen LogP contribution < -0.4 is 15.4 Å². The van der Waals surface area contributed by atoms with Crippen LogP contribution in [-0.2, 0) is 4.79 Å². The summed E-state index contributed by atoms with van der Waals surface area (Å²) in [6, 6.07) is 12.1. The van der Waals surface area contributed by atoms with Gasteiger partial charge in [-0.3, -0.25) is 9.59 Å². The molecule has 0 heterocycles. The number of amides is 2. The Morgan fingerprint density at radius 2 is 1.85 bits per heavy atom. The van der Waals surface area contributed by atoms with E-state index in [4.69, 9.17) is 27.9 Å². The molecular formula is C19H18Cl2N2O3. The number of hydrogen-bond acceptors (Lipinski definition) is 3. The predicted octanol–water partition coefficient (Wildman–Crippen LogP) is 4.29. The number of carbonyl (C=O) groups excluding carboxylic acids is 2. The van der Waals surface area contributed by atoms with E-state index in [1.165, 1.54) is 0 Å². The summed E-state index contributed by atoms with van der Waals surface area (Å²) in [5, 5.41) is 6.52. The van der Waals surface area contributed by atoms with Crippen molar-refractivity contribution in [3.8, 4) is 5.75 Å². The molecule has 0 saturated heterocycles. The number of anilines is 1. The molecule has 1 aliphatic carbocycles. The SMILES string of the molecule is O=C(CCOc1ccc(Cl)c(Cl)c1)Nc1ccccc1C(=O)NC1CC1. The van der Waals surface area contributed by atoms with Crippen LogP contribution in [0.15, 0.2) is 42.5 Å². The quantitative estimate of drug-likeness (QED) is 0.738. The van der Waals surface area contributed by atoms with E-state index in [-0.39, 0.29) is 30.9 Å². The highest BCUT2D eigenvalue weighted by molar-refractivity contribution is 6.42. The molecule has 0 bridgehead atoms. The fourth-order valence-corrected chi connectivity index (χ4v) is 2.61. The van der Waals surface area contributed by atoms with Gasteiger partial charge in [-0.25, -0.2) is 0 Å². The number of ether oxygens (including phenoxy) is 1. The normalized spacial score (nSPS) is 13.2. The third kappa shape index (κ3) is 5.13. The minimum absolute atomic E-state index is 0.138. The van der Waals surface area contributed by atoms with Crippen LogP contribution in [0.4, 0.5) is 5.69 Å². The van der Waals surface area contributed by atoms with E-state index in [1.807, 2.05) is 0 Å². The van der Waals surface area contributed by atoms with E-state index in [0.29, 0.717) is 27.0 Å². The highest BCUT2D eigenvalue weighted by Gasteiger charge is 2.24. The molecule has 2 aromatic carbocycles. The monoisotopic (exact) mass is 392 g/mol. The maximum atomic E-state index is 12.2. The summed E-state index contributed by atoms with van der Waals surface area (Å²) in [5.74, 6) is 0.128. The second-order valence-corrected chi connectivity index (χ2v) is 6.83. The molecule has 2 amide bonds. The van der Waals surface area contributed by atoms with Crippen LogP contribution >= 0.6 is 23.2 Å². The molecule has 0 radical (unpaired) electrons. The van der Waals surface area contributed by atoms with E-state index in [1.54, 1.807) is 42.5 Å². The zero-order valence-electron chi connectivity index (χ0n) is 13.9. The number of benzene rings is 2. The highest BCUT2D eigenvalue weighted by Crippen LogP contribution is 2.26. The van der Waals surface area contributed by atoms with Gasteiger partial charge in [0.1, 0.15) is 5.75 Å². The van der Waals surface area contributed by atoms with Crippen LogP contribution in [0.5, 0.6) is 5.75 Å². The van der Waals surface area contributed by atoms with Crippen molar-refractivity contribution in [3.05, 3.63) is 58.1 Å². The van der Waals surface area contributed by atoms with Crippen molar-refractivity contribution in [2.24, 2.45) is 0 Å². The molecule has 26 heavy (non-hydrogen) atoms. The number of halogens is 2. The van der Waals surface area contributed by atoms with E-state index in [9.17, 15) is 9.59 Å². The van der Waals surface area contributed by atoms with E-state index in [0.717, 1.165) is 12.8 Å². The van der Waals surface area contributed by atoms with Crippen molar-refractivity contribution < 1.29 is 14.3 Å². The third-order valence-corrected chi connectivity index (χ3v) is 4.59. The summed E-state index contributed by atoms with van der Waals surface area (Å²) in [6.07, 6.45) is 2.15. The van der Waals surface area contributed by atoms with Crippen molar-refractivity contribution in [2.45, 2.75) is 25.3 Å². The van der Waals surface area contributed by atoms with Gasteiger partial charge in [0.2, 0.25) is 5.91 Å². The average molecular weight is 393 g/mol. The number of carbonyl (C=O) groups is 2. The zero-order valence-corrected chi connectivity index (χ0v) is 15.4. The number of para-hydroxylation sites is 1. The van der Waals surface area contributed by atoms with Crippen LogP contribution in [0.1, 0.15) is 29.6 Å². The second-order valence-electron chi connectivity index (χ2n) is 6.02. The van der Waals surface area contributed by atoms with E-state index < -0.39 is 0 Å². The first-order valence-corrected chi connectivity index (χ1v) is 9.06. The maximum Gasteiger partial charge on any atom is 0.253 e. The Labute approximate surface area is 161 Å². The van der Waals surface area contributed by atoms with Gasteiger partial charge in [-0.2, -0.15) is 0 Å². The molecule has 1 aliphatic rings. The Bertz CT molecular complexity index is 822. The van der Waals surface area contributed by atoms with E-state index in [2.05, 4.69) is 10.6 Å². The Hall–Kier alpha value is -2.24. The van der Waals surface area contributed by atoms with Crippen LogP contribution in [0.2, 0.25) is 10.0 Å². The van der Waals surface area contributed by atoms with Crippen molar-refractivity contribution in [2.75, 3.05) is 11.9 Å². The molecule has 5 nitrogen and oxygen atoms in total. The minimum Gasteiger partial charge on any atom is -0.493 e. The first kappa shape index (κ1) is 18.5. The zero-order chi connectivity index (χ0) is 18.5. The highest BCUT2D eigenvalue weighted by atomic mass is 35.5. The molecule has 2 N–H and O–H groups in total. The molecule has 136 valence electrons. The lowest BCUT2D eigenvalue weighted by Crippen LogP contribution is -2.27. The largest absolute Gasteiger partial charge is 0.493 e. The fraction of sp³-hybridized carbons (Fsp3) is 0.263. The van der Waals surface area contributed by atoms with Gasteiger partial charge in [0.05, 0.1) is 34.3 Å². The number of hydrogen-bond donors (Lipinski definition) is 2. The smallest absolute Gasteiger partial charge is 0.253 e. The summed E-state index contributed by atoms with van der Waals surface area (Å²) in [4.78, 5) is 24.4. The molecule has 7 heteroatoms. The lowest BCUT2D eigenvalue weighted by atomic mass is 10.1. The minimum atomic E-state index is -0.239. The second kappa shape index (κ2) is 8.43. The lowest BCUT2D eigenvalue weighted by molar-refractivity contribution is -0.116. The maximum absolute atomic E-state index is 12.2. The van der Waals surface area contributed by atoms with Crippen LogP contribution in [-0.4, -0.2) is 24.5 Å². The Kier molecular flexibility index (Phi) is 6.01. The summed E-state index contributed by atoms with van der Waals surface area (Å²) in [7, 11) is 0. The molecule has 1 fully saturated rings. The summed E-state index contributed by atoms with van der Waals surface area (Å²) in [6.45, 7) is 0.181. The standard InChI is InChI=1S/C19H18Cl2N2O3/c20-15-8-7-13(11-16(15)21)26-10-9-18(24)23-17-4-2-1-3-14(17)19(25)22-12-5-6-12/h1-4,7-8,11-12H,5-6,9-10H2,(H,22,25)(H,23,24). The van der Waals surface area contributed by atoms with Crippen molar-refractivity contribution in [1.29, 1.82) is 0 Å². The third-order valence-electron chi connectivity index (χ3n) is 3.85.